The number of aromatic nitrogens is 2. The predicted molar refractivity (Wildman–Crippen MR) is 237 cm³/mol. The molecule has 0 amide bonds. The lowest BCUT2D eigenvalue weighted by Gasteiger charge is -2.27. The molecule has 0 saturated heterocycles. The van der Waals surface area contributed by atoms with Crippen LogP contribution in [0.3, 0.4) is 0 Å². The zero-order chi connectivity index (χ0) is 37.3. The van der Waals surface area contributed by atoms with Crippen molar-refractivity contribution in [2.24, 2.45) is 0 Å². The first-order valence-corrected chi connectivity index (χ1v) is 18.9. The van der Waals surface area contributed by atoms with E-state index >= 15 is 0 Å². The summed E-state index contributed by atoms with van der Waals surface area (Å²) < 4.78 is 0. The Morgan fingerprint density at radius 1 is 0.321 bits per heavy atom. The van der Waals surface area contributed by atoms with Gasteiger partial charge >= 0.3 is 0 Å². The summed E-state index contributed by atoms with van der Waals surface area (Å²) in [7, 11) is 0. The molecule has 0 N–H and O–H groups in total. The molecule has 4 heteroatoms. The molecule has 0 aliphatic heterocycles. The van der Waals surface area contributed by atoms with E-state index in [0.717, 1.165) is 88.6 Å². The monoisotopic (exact) mass is 716 g/mol. The van der Waals surface area contributed by atoms with Crippen LogP contribution in [0.4, 0.5) is 34.1 Å². The molecule has 0 unspecified atom stereocenters. The molecule has 4 nitrogen and oxygen atoms in total. The summed E-state index contributed by atoms with van der Waals surface area (Å²) in [5, 5.41) is 6.71. The number of nitrogens with zero attached hydrogens (tertiary/aromatic N) is 4. The van der Waals surface area contributed by atoms with Gasteiger partial charge in [0.15, 0.2) is 0 Å². The molecule has 0 bridgehead atoms. The third-order valence-corrected chi connectivity index (χ3v) is 10.4. The van der Waals surface area contributed by atoms with Crippen molar-refractivity contribution in [2.45, 2.75) is 0 Å². The third kappa shape index (κ3) is 6.09. The number of hydrogen-bond acceptors (Lipinski definition) is 4. The minimum Gasteiger partial charge on any atom is -0.310 e. The first-order valence-electron chi connectivity index (χ1n) is 18.9. The summed E-state index contributed by atoms with van der Waals surface area (Å²) in [5.74, 6) is 0. The van der Waals surface area contributed by atoms with Crippen LogP contribution in [-0.2, 0) is 0 Å². The van der Waals surface area contributed by atoms with Crippen molar-refractivity contribution in [1.29, 1.82) is 0 Å². The van der Waals surface area contributed by atoms with E-state index in [4.69, 9.17) is 9.97 Å². The van der Waals surface area contributed by atoms with Gasteiger partial charge in [-0.2, -0.15) is 0 Å². The second-order valence-corrected chi connectivity index (χ2v) is 13.9. The molecule has 0 radical (unpaired) electrons. The third-order valence-electron chi connectivity index (χ3n) is 10.4. The predicted octanol–water partition coefficient (Wildman–Crippen LogP) is 14.2. The summed E-state index contributed by atoms with van der Waals surface area (Å²) in [6, 6.07) is 68.5. The average Bonchev–Trinajstić information content (AvgIpc) is 3.27. The molecule has 10 aromatic rings. The van der Waals surface area contributed by atoms with Gasteiger partial charge < -0.3 is 9.80 Å². The highest BCUT2D eigenvalue weighted by atomic mass is 15.1. The van der Waals surface area contributed by atoms with E-state index in [1.807, 2.05) is 24.5 Å². The molecule has 264 valence electrons. The molecule has 2 aromatic heterocycles. The van der Waals surface area contributed by atoms with Crippen molar-refractivity contribution in [3.63, 3.8) is 0 Å². The Balaban J connectivity index is 1.05. The normalized spacial score (nSPS) is 11.5. The number of para-hydroxylation sites is 4. The number of fused-ring (bicyclic) bond motifs is 6. The molecular formula is C52H36N4. The second-order valence-electron chi connectivity index (χ2n) is 13.9. The molecule has 0 fully saturated rings. The van der Waals surface area contributed by atoms with Crippen molar-refractivity contribution in [2.75, 3.05) is 9.80 Å². The van der Waals surface area contributed by atoms with E-state index in [0.29, 0.717) is 0 Å². The summed E-state index contributed by atoms with van der Waals surface area (Å²) in [5.41, 5.74) is 10.8. The van der Waals surface area contributed by atoms with Crippen LogP contribution in [0, 0.1) is 0 Å². The number of anilines is 6. The Morgan fingerprint density at radius 3 is 1.04 bits per heavy atom. The van der Waals surface area contributed by atoms with Gasteiger partial charge in [0.05, 0.1) is 22.4 Å². The Kier molecular flexibility index (Phi) is 8.47. The van der Waals surface area contributed by atoms with Crippen molar-refractivity contribution in [3.8, 4) is 0 Å². The molecule has 10 rings (SSSR count). The highest BCUT2D eigenvalue weighted by Gasteiger charge is 2.19. The van der Waals surface area contributed by atoms with Crippen molar-refractivity contribution in [3.05, 3.63) is 218 Å². The lowest BCUT2D eigenvalue weighted by molar-refractivity contribution is 1.30. The maximum absolute atomic E-state index is 4.96. The fourth-order valence-corrected chi connectivity index (χ4v) is 7.85. The van der Waals surface area contributed by atoms with Crippen molar-refractivity contribution >= 4 is 89.6 Å². The molecule has 0 saturated carbocycles. The lowest BCUT2D eigenvalue weighted by atomic mass is 9.99. The Hall–Kier alpha value is -7.56. The first-order chi connectivity index (χ1) is 27.8. The minimum atomic E-state index is 0.978. The van der Waals surface area contributed by atoms with Gasteiger partial charge in [0.25, 0.3) is 0 Å². The Labute approximate surface area is 325 Å². The molecule has 0 aliphatic carbocycles. The Morgan fingerprint density at radius 2 is 0.679 bits per heavy atom. The highest BCUT2D eigenvalue weighted by Crippen LogP contribution is 2.43. The summed E-state index contributed by atoms with van der Waals surface area (Å²) in [6.07, 6.45) is 8.17. The fraction of sp³-hybridized carbons (Fsp3) is 0. The topological polar surface area (TPSA) is 32.3 Å². The lowest BCUT2D eigenvalue weighted by Crippen LogP contribution is -2.10. The molecule has 0 atom stereocenters. The van der Waals surface area contributed by atoms with Crippen LogP contribution in [0.1, 0.15) is 11.1 Å². The van der Waals surface area contributed by atoms with Crippen LogP contribution >= 0.6 is 0 Å². The van der Waals surface area contributed by atoms with Crippen LogP contribution < -0.4 is 9.80 Å². The van der Waals surface area contributed by atoms with Crippen LogP contribution in [0.15, 0.2) is 207 Å². The summed E-state index contributed by atoms with van der Waals surface area (Å²) >= 11 is 0. The smallest absolute Gasteiger partial charge is 0.0801 e. The molecule has 8 aromatic carbocycles. The van der Waals surface area contributed by atoms with Crippen LogP contribution in [0.25, 0.3) is 55.5 Å². The van der Waals surface area contributed by atoms with Gasteiger partial charge in [-0.1, -0.05) is 109 Å². The quantitative estimate of drug-likeness (QED) is 0.116. The molecule has 2 heterocycles. The van der Waals surface area contributed by atoms with Crippen LogP contribution in [0.5, 0.6) is 0 Å². The van der Waals surface area contributed by atoms with Crippen molar-refractivity contribution in [1.82, 2.24) is 9.97 Å². The standard InChI is InChI=1S/C52H36N4/c1-5-15-41(16-6-1)55(42-17-7-2-8-18-42)49-35-39-29-27-37(33-47(39)51-45(49)23-13-31-53-51)25-26-38-28-30-40-36-50(46-24-14-32-54-52(46)48(40)34-38)56(43-19-9-3-10-20-43)44-21-11-4-12-22-44/h1-36H. The van der Waals surface area contributed by atoms with Crippen LogP contribution in [0.2, 0.25) is 0 Å². The summed E-state index contributed by atoms with van der Waals surface area (Å²) in [6.45, 7) is 0. The molecule has 0 spiro atoms. The van der Waals surface area contributed by atoms with Crippen LogP contribution in [-0.4, -0.2) is 9.97 Å². The first kappa shape index (κ1) is 33.0. The minimum absolute atomic E-state index is 0.978. The van der Waals surface area contributed by atoms with Gasteiger partial charge in [-0.3, -0.25) is 9.97 Å². The maximum atomic E-state index is 4.96. The van der Waals surface area contributed by atoms with E-state index in [9.17, 15) is 0 Å². The van der Waals surface area contributed by atoms with E-state index in [1.54, 1.807) is 0 Å². The average molecular weight is 717 g/mol. The van der Waals surface area contributed by atoms with Gasteiger partial charge in [-0.05, 0) is 119 Å². The largest absolute Gasteiger partial charge is 0.310 e. The number of rotatable bonds is 8. The Bertz CT molecular complexity index is 2730. The van der Waals surface area contributed by atoms with Gasteiger partial charge in [0.2, 0.25) is 0 Å². The molecular weight excluding hydrogens is 681 g/mol. The van der Waals surface area contributed by atoms with Gasteiger partial charge in [0.1, 0.15) is 0 Å². The van der Waals surface area contributed by atoms with E-state index in [1.165, 1.54) is 0 Å². The highest BCUT2D eigenvalue weighted by molar-refractivity contribution is 6.14. The van der Waals surface area contributed by atoms with Gasteiger partial charge in [-0.25, -0.2) is 0 Å². The fourth-order valence-electron chi connectivity index (χ4n) is 7.85. The van der Waals surface area contributed by atoms with E-state index in [2.05, 4.69) is 204 Å². The molecule has 0 aliphatic rings. The number of pyridine rings is 2. The van der Waals surface area contributed by atoms with E-state index in [-0.39, 0.29) is 0 Å². The molecule has 56 heavy (non-hydrogen) atoms. The summed E-state index contributed by atoms with van der Waals surface area (Å²) in [4.78, 5) is 14.6. The number of benzene rings is 8. The zero-order valence-corrected chi connectivity index (χ0v) is 30.6. The maximum Gasteiger partial charge on any atom is 0.0801 e. The number of hydrogen-bond donors (Lipinski definition) is 0. The van der Waals surface area contributed by atoms with Gasteiger partial charge in [0, 0.05) is 56.7 Å². The second kappa shape index (κ2) is 14.3. The van der Waals surface area contributed by atoms with E-state index < -0.39 is 0 Å². The van der Waals surface area contributed by atoms with Crippen molar-refractivity contribution < 1.29 is 0 Å². The van der Waals surface area contributed by atoms with Gasteiger partial charge in [-0.15, -0.1) is 0 Å². The SMILES string of the molecule is C(=Cc1ccc2cc(N(c3ccccc3)c3ccccc3)c3cccnc3c2c1)c1ccc2cc(N(c3ccccc3)c3ccccc3)c3cccnc3c2c1. The zero-order valence-electron chi connectivity index (χ0n) is 30.6.